The first-order chi connectivity index (χ1) is 10.1. The molecular weight excluding hydrogens is 286 g/mol. The van der Waals surface area contributed by atoms with E-state index in [0.29, 0.717) is 5.69 Å². The van der Waals surface area contributed by atoms with E-state index in [0.717, 1.165) is 9.79 Å². The van der Waals surface area contributed by atoms with Crippen LogP contribution in [0.3, 0.4) is 0 Å². The molecule has 0 atom stereocenters. The van der Waals surface area contributed by atoms with Crippen LogP contribution in [0.25, 0.3) is 0 Å². The normalized spacial score (nSPS) is 9.95. The third-order valence-corrected chi connectivity index (χ3v) is 3.62. The smallest absolute Gasteiger partial charge is 0.303 e. The molecule has 0 heterocycles. The van der Waals surface area contributed by atoms with E-state index in [1.807, 2.05) is 54.6 Å². The summed E-state index contributed by atoms with van der Waals surface area (Å²) in [7, 11) is 0. The largest absolute Gasteiger partial charge is 0.456 e. The van der Waals surface area contributed by atoms with Crippen LogP contribution in [-0.4, -0.2) is 18.5 Å². The summed E-state index contributed by atoms with van der Waals surface area (Å²) >= 11 is 1.56. The first-order valence-electron chi connectivity index (χ1n) is 6.40. The summed E-state index contributed by atoms with van der Waals surface area (Å²) in [5.41, 5.74) is 0.698. The van der Waals surface area contributed by atoms with Crippen molar-refractivity contribution >= 4 is 29.3 Å². The van der Waals surface area contributed by atoms with Gasteiger partial charge in [-0.25, -0.2) is 0 Å². The van der Waals surface area contributed by atoms with Crippen LogP contribution in [0.5, 0.6) is 0 Å². The molecule has 21 heavy (non-hydrogen) atoms. The number of para-hydroxylation sites is 1. The number of benzene rings is 2. The molecule has 2 rings (SSSR count). The lowest BCUT2D eigenvalue weighted by Gasteiger charge is -2.10. The number of anilines is 1. The lowest BCUT2D eigenvalue weighted by Crippen LogP contribution is -2.20. The highest BCUT2D eigenvalue weighted by molar-refractivity contribution is 7.99. The van der Waals surface area contributed by atoms with Gasteiger partial charge in [-0.15, -0.1) is 0 Å². The van der Waals surface area contributed by atoms with Gasteiger partial charge in [0.15, 0.2) is 6.61 Å². The predicted molar refractivity (Wildman–Crippen MR) is 82.3 cm³/mol. The van der Waals surface area contributed by atoms with Gasteiger partial charge in [0.1, 0.15) is 0 Å². The quantitative estimate of drug-likeness (QED) is 0.861. The van der Waals surface area contributed by atoms with Gasteiger partial charge in [0, 0.05) is 16.7 Å². The van der Waals surface area contributed by atoms with Crippen LogP contribution in [0.15, 0.2) is 64.4 Å². The van der Waals surface area contributed by atoms with Crippen molar-refractivity contribution in [1.82, 2.24) is 0 Å². The fourth-order valence-electron chi connectivity index (χ4n) is 1.63. The van der Waals surface area contributed by atoms with Gasteiger partial charge in [0.05, 0.1) is 5.69 Å². The molecule has 0 unspecified atom stereocenters. The first kappa shape index (κ1) is 15.1. The molecule has 0 aliphatic carbocycles. The maximum Gasteiger partial charge on any atom is 0.303 e. The van der Waals surface area contributed by atoms with E-state index in [9.17, 15) is 9.59 Å². The Hall–Kier alpha value is -2.27. The highest BCUT2D eigenvalue weighted by Gasteiger charge is 2.09. The van der Waals surface area contributed by atoms with Crippen molar-refractivity contribution in [3.63, 3.8) is 0 Å². The number of rotatable bonds is 5. The average Bonchev–Trinajstić information content (AvgIpc) is 2.48. The Morgan fingerprint density at radius 2 is 1.71 bits per heavy atom. The average molecular weight is 301 g/mol. The van der Waals surface area contributed by atoms with E-state index in [4.69, 9.17) is 0 Å². The second kappa shape index (κ2) is 7.50. The number of hydrogen-bond acceptors (Lipinski definition) is 4. The van der Waals surface area contributed by atoms with Crippen LogP contribution in [-0.2, 0) is 14.3 Å². The maximum atomic E-state index is 11.7. The van der Waals surface area contributed by atoms with Crippen LogP contribution in [0, 0.1) is 0 Å². The minimum Gasteiger partial charge on any atom is -0.456 e. The molecule has 0 aliphatic rings. The lowest BCUT2D eigenvalue weighted by atomic mass is 10.3. The van der Waals surface area contributed by atoms with Gasteiger partial charge in [-0.3, -0.25) is 9.59 Å². The third-order valence-electron chi connectivity index (χ3n) is 2.54. The fourth-order valence-corrected chi connectivity index (χ4v) is 2.55. The standard InChI is InChI=1S/C16H15NO3S/c1-12(18)20-11-16(19)17-14-9-5-6-10-15(14)21-13-7-3-2-4-8-13/h2-10H,11H2,1H3,(H,17,19). The first-order valence-corrected chi connectivity index (χ1v) is 7.22. The summed E-state index contributed by atoms with van der Waals surface area (Å²) in [6.07, 6.45) is 0. The number of esters is 1. The molecule has 108 valence electrons. The van der Waals surface area contributed by atoms with Crippen molar-refractivity contribution in [3.8, 4) is 0 Å². The van der Waals surface area contributed by atoms with E-state index in [2.05, 4.69) is 10.1 Å². The van der Waals surface area contributed by atoms with Crippen molar-refractivity contribution in [2.75, 3.05) is 11.9 Å². The Kier molecular flexibility index (Phi) is 5.40. The molecule has 5 heteroatoms. The Labute approximate surface area is 127 Å². The van der Waals surface area contributed by atoms with Crippen molar-refractivity contribution in [3.05, 3.63) is 54.6 Å². The molecule has 0 fully saturated rings. The molecule has 0 aromatic heterocycles. The molecule has 0 aliphatic heterocycles. The van der Waals surface area contributed by atoms with Crippen molar-refractivity contribution in [1.29, 1.82) is 0 Å². The molecule has 1 amide bonds. The van der Waals surface area contributed by atoms with Gasteiger partial charge in [0.2, 0.25) is 0 Å². The monoisotopic (exact) mass is 301 g/mol. The Balaban J connectivity index is 2.06. The molecule has 0 saturated carbocycles. The number of ether oxygens (including phenoxy) is 1. The van der Waals surface area contributed by atoms with Gasteiger partial charge in [-0.05, 0) is 24.3 Å². The second-order valence-corrected chi connectivity index (χ2v) is 5.36. The van der Waals surface area contributed by atoms with E-state index >= 15 is 0 Å². The van der Waals surface area contributed by atoms with E-state index in [1.54, 1.807) is 11.8 Å². The number of carbonyl (C=O) groups is 2. The van der Waals surface area contributed by atoms with Gasteiger partial charge < -0.3 is 10.1 Å². The summed E-state index contributed by atoms with van der Waals surface area (Å²) in [6.45, 7) is 0.992. The van der Waals surface area contributed by atoms with Crippen molar-refractivity contribution < 1.29 is 14.3 Å². The summed E-state index contributed by atoms with van der Waals surface area (Å²) in [5.74, 6) is -0.830. The maximum absolute atomic E-state index is 11.7. The summed E-state index contributed by atoms with van der Waals surface area (Å²) in [6, 6.07) is 17.4. The number of amides is 1. The van der Waals surface area contributed by atoms with Gasteiger partial charge in [-0.1, -0.05) is 42.1 Å². The van der Waals surface area contributed by atoms with Crippen LogP contribution in [0.2, 0.25) is 0 Å². The Morgan fingerprint density at radius 1 is 1.05 bits per heavy atom. The fraction of sp³-hybridized carbons (Fsp3) is 0.125. The molecule has 0 spiro atoms. The molecule has 2 aromatic rings. The molecule has 1 N–H and O–H groups in total. The van der Waals surface area contributed by atoms with Crippen molar-refractivity contribution in [2.24, 2.45) is 0 Å². The topological polar surface area (TPSA) is 55.4 Å². The molecule has 0 saturated heterocycles. The SMILES string of the molecule is CC(=O)OCC(=O)Nc1ccccc1Sc1ccccc1. The Bertz CT molecular complexity index is 628. The highest BCUT2D eigenvalue weighted by atomic mass is 32.2. The Morgan fingerprint density at radius 3 is 2.43 bits per heavy atom. The van der Waals surface area contributed by atoms with Gasteiger partial charge in [-0.2, -0.15) is 0 Å². The number of nitrogens with one attached hydrogen (secondary N) is 1. The number of hydrogen-bond donors (Lipinski definition) is 1. The van der Waals surface area contributed by atoms with Crippen LogP contribution < -0.4 is 5.32 Å². The van der Waals surface area contributed by atoms with Crippen LogP contribution in [0.1, 0.15) is 6.92 Å². The minimum atomic E-state index is -0.475. The van der Waals surface area contributed by atoms with E-state index in [1.165, 1.54) is 6.92 Å². The number of carbonyl (C=O) groups excluding carboxylic acids is 2. The van der Waals surface area contributed by atoms with Gasteiger partial charge in [0.25, 0.3) is 5.91 Å². The summed E-state index contributed by atoms with van der Waals surface area (Å²) in [4.78, 5) is 24.4. The molecule has 0 radical (unpaired) electrons. The molecule has 4 nitrogen and oxygen atoms in total. The molecule has 2 aromatic carbocycles. The highest BCUT2D eigenvalue weighted by Crippen LogP contribution is 2.33. The third kappa shape index (κ3) is 4.96. The molecule has 0 bridgehead atoms. The van der Waals surface area contributed by atoms with Crippen molar-refractivity contribution in [2.45, 2.75) is 16.7 Å². The zero-order valence-electron chi connectivity index (χ0n) is 11.5. The second-order valence-electron chi connectivity index (χ2n) is 4.24. The summed E-state index contributed by atoms with van der Waals surface area (Å²) in [5, 5.41) is 2.75. The van der Waals surface area contributed by atoms with Gasteiger partial charge >= 0.3 is 5.97 Å². The zero-order chi connectivity index (χ0) is 15.1. The van der Waals surface area contributed by atoms with Crippen LogP contribution >= 0.6 is 11.8 Å². The zero-order valence-corrected chi connectivity index (χ0v) is 12.4. The predicted octanol–water partition coefficient (Wildman–Crippen LogP) is 3.34. The minimum absolute atomic E-state index is 0.278. The molecular formula is C16H15NO3S. The van der Waals surface area contributed by atoms with Crippen LogP contribution in [0.4, 0.5) is 5.69 Å². The van der Waals surface area contributed by atoms with E-state index in [-0.39, 0.29) is 12.5 Å². The van der Waals surface area contributed by atoms with E-state index < -0.39 is 5.97 Å². The summed E-state index contributed by atoms with van der Waals surface area (Å²) < 4.78 is 4.68. The lowest BCUT2D eigenvalue weighted by molar-refractivity contribution is -0.144.